The van der Waals surface area contributed by atoms with Crippen molar-refractivity contribution in [3.05, 3.63) is 24.0 Å². The number of nitrogens with two attached hydrogens (primary N) is 1. The van der Waals surface area contributed by atoms with Crippen molar-refractivity contribution >= 4 is 0 Å². The van der Waals surface area contributed by atoms with E-state index in [4.69, 9.17) is 5.73 Å². The van der Waals surface area contributed by atoms with E-state index in [1.54, 1.807) is 11.0 Å². The maximum atomic E-state index is 5.45. The number of hydrogen-bond donors (Lipinski definition) is 1. The molecule has 0 fully saturated rings. The molecule has 7 heteroatoms. The normalized spacial score (nSPS) is 10.9. The zero-order chi connectivity index (χ0) is 12.1. The minimum atomic E-state index is 0.598. The summed E-state index contributed by atoms with van der Waals surface area (Å²) in [4.78, 5) is 0. The Kier molecular flexibility index (Phi) is 3.81. The zero-order valence-electron chi connectivity index (χ0n) is 9.95. The summed E-state index contributed by atoms with van der Waals surface area (Å²) in [6.07, 6.45) is 6.63. The first-order valence-corrected chi connectivity index (χ1v) is 5.71. The van der Waals surface area contributed by atoms with Gasteiger partial charge in [0, 0.05) is 13.2 Å². The van der Waals surface area contributed by atoms with Gasteiger partial charge in [-0.2, -0.15) is 0 Å². The smallest absolute Gasteiger partial charge is 0.154 e. The molecule has 0 aliphatic heterocycles. The number of nitrogens with zero attached hydrogens (tertiary/aromatic N) is 6. The fourth-order valence-corrected chi connectivity index (χ4v) is 1.58. The highest BCUT2D eigenvalue weighted by Gasteiger charge is 2.05. The van der Waals surface area contributed by atoms with Gasteiger partial charge in [0.25, 0.3) is 0 Å². The molecule has 0 aliphatic rings. The molecular formula is C10H17N7. The van der Waals surface area contributed by atoms with Crippen LogP contribution in [0.25, 0.3) is 0 Å². The Labute approximate surface area is 99.6 Å². The van der Waals surface area contributed by atoms with E-state index < -0.39 is 0 Å². The average molecular weight is 235 g/mol. The SMILES string of the molecule is Cn1cnnc1Cn1cc(CCCCN)nn1. The Morgan fingerprint density at radius 2 is 2.18 bits per heavy atom. The van der Waals surface area contributed by atoms with Crippen molar-refractivity contribution in [1.29, 1.82) is 0 Å². The number of unbranched alkanes of at least 4 members (excludes halogenated alkanes) is 1. The van der Waals surface area contributed by atoms with Gasteiger partial charge in [-0.1, -0.05) is 5.21 Å². The monoisotopic (exact) mass is 235 g/mol. The Morgan fingerprint density at radius 1 is 1.29 bits per heavy atom. The van der Waals surface area contributed by atoms with E-state index in [1.807, 2.05) is 17.8 Å². The number of aromatic nitrogens is 6. The van der Waals surface area contributed by atoms with Crippen LogP contribution in [-0.2, 0) is 20.0 Å². The number of aryl methyl sites for hydroxylation is 2. The molecule has 0 saturated carbocycles. The molecule has 0 spiro atoms. The maximum Gasteiger partial charge on any atom is 0.154 e. The van der Waals surface area contributed by atoms with Crippen LogP contribution in [0.5, 0.6) is 0 Å². The maximum absolute atomic E-state index is 5.45. The second kappa shape index (κ2) is 5.53. The third kappa shape index (κ3) is 3.10. The molecule has 7 nitrogen and oxygen atoms in total. The minimum absolute atomic E-state index is 0.598. The molecule has 2 rings (SSSR count). The first-order chi connectivity index (χ1) is 8.29. The van der Waals surface area contributed by atoms with Crippen LogP contribution in [-0.4, -0.2) is 36.3 Å². The van der Waals surface area contributed by atoms with Crippen LogP contribution in [0.3, 0.4) is 0 Å². The summed E-state index contributed by atoms with van der Waals surface area (Å²) in [7, 11) is 1.91. The van der Waals surface area contributed by atoms with Gasteiger partial charge in [0.15, 0.2) is 5.82 Å². The predicted molar refractivity (Wildman–Crippen MR) is 62.1 cm³/mol. The molecule has 0 atom stereocenters. The fraction of sp³-hybridized carbons (Fsp3) is 0.600. The molecule has 0 aliphatic carbocycles. The van der Waals surface area contributed by atoms with Crippen LogP contribution in [0.2, 0.25) is 0 Å². The van der Waals surface area contributed by atoms with Crippen molar-refractivity contribution < 1.29 is 0 Å². The lowest BCUT2D eigenvalue weighted by atomic mass is 10.2. The highest BCUT2D eigenvalue weighted by molar-refractivity contribution is 4.94. The Balaban J connectivity index is 1.92. The van der Waals surface area contributed by atoms with Gasteiger partial charge in [-0.25, -0.2) is 4.68 Å². The highest BCUT2D eigenvalue weighted by atomic mass is 15.4. The molecule has 0 saturated heterocycles. The fourth-order valence-electron chi connectivity index (χ4n) is 1.58. The Morgan fingerprint density at radius 3 is 2.88 bits per heavy atom. The van der Waals surface area contributed by atoms with Crippen LogP contribution >= 0.6 is 0 Å². The third-order valence-corrected chi connectivity index (χ3v) is 2.58. The summed E-state index contributed by atoms with van der Waals surface area (Å²) in [6.45, 7) is 1.33. The molecule has 92 valence electrons. The van der Waals surface area contributed by atoms with Crippen molar-refractivity contribution in [2.45, 2.75) is 25.8 Å². The molecule has 0 radical (unpaired) electrons. The Bertz CT molecular complexity index is 459. The predicted octanol–water partition coefficient (Wildman–Crippen LogP) is -0.264. The second-order valence-corrected chi connectivity index (χ2v) is 4.01. The van der Waals surface area contributed by atoms with Gasteiger partial charge < -0.3 is 10.3 Å². The Hall–Kier alpha value is -1.76. The van der Waals surface area contributed by atoms with Crippen LogP contribution in [0.15, 0.2) is 12.5 Å². The van der Waals surface area contributed by atoms with Gasteiger partial charge in [-0.05, 0) is 25.8 Å². The molecular weight excluding hydrogens is 218 g/mol. The minimum Gasteiger partial charge on any atom is -0.330 e. The first kappa shape index (κ1) is 11.7. The van der Waals surface area contributed by atoms with Gasteiger partial charge in [0.2, 0.25) is 0 Å². The van der Waals surface area contributed by atoms with Crippen molar-refractivity contribution in [1.82, 2.24) is 29.8 Å². The summed E-state index contributed by atoms with van der Waals surface area (Å²) < 4.78 is 3.65. The lowest BCUT2D eigenvalue weighted by Gasteiger charge is -1.98. The molecule has 2 heterocycles. The first-order valence-electron chi connectivity index (χ1n) is 5.71. The van der Waals surface area contributed by atoms with E-state index in [0.29, 0.717) is 6.54 Å². The summed E-state index contributed by atoms with van der Waals surface area (Å²) in [5.41, 5.74) is 6.45. The van der Waals surface area contributed by atoms with Crippen LogP contribution in [0, 0.1) is 0 Å². The van der Waals surface area contributed by atoms with Gasteiger partial charge in [-0.15, -0.1) is 15.3 Å². The van der Waals surface area contributed by atoms with Crippen LogP contribution in [0.4, 0.5) is 0 Å². The summed E-state index contributed by atoms with van der Waals surface area (Å²) >= 11 is 0. The van der Waals surface area contributed by atoms with Crippen molar-refractivity contribution in [2.75, 3.05) is 6.54 Å². The quantitative estimate of drug-likeness (QED) is 0.697. The van der Waals surface area contributed by atoms with Gasteiger partial charge in [0.1, 0.15) is 12.9 Å². The van der Waals surface area contributed by atoms with Crippen molar-refractivity contribution in [3.8, 4) is 0 Å². The molecule has 0 amide bonds. The number of rotatable bonds is 6. The largest absolute Gasteiger partial charge is 0.330 e. The van der Waals surface area contributed by atoms with Crippen molar-refractivity contribution in [2.24, 2.45) is 12.8 Å². The molecule has 17 heavy (non-hydrogen) atoms. The summed E-state index contributed by atoms with van der Waals surface area (Å²) in [5, 5.41) is 16.0. The van der Waals surface area contributed by atoms with Gasteiger partial charge >= 0.3 is 0 Å². The zero-order valence-corrected chi connectivity index (χ0v) is 9.95. The summed E-state index contributed by atoms with van der Waals surface area (Å²) in [5.74, 6) is 0.864. The highest BCUT2D eigenvalue weighted by Crippen LogP contribution is 2.02. The van der Waals surface area contributed by atoms with E-state index in [2.05, 4.69) is 20.5 Å². The van der Waals surface area contributed by atoms with E-state index in [9.17, 15) is 0 Å². The summed E-state index contributed by atoms with van der Waals surface area (Å²) in [6, 6.07) is 0. The van der Waals surface area contributed by atoms with Crippen LogP contribution in [0.1, 0.15) is 24.4 Å². The topological polar surface area (TPSA) is 87.4 Å². The lowest BCUT2D eigenvalue weighted by Crippen LogP contribution is -2.06. The van der Waals surface area contributed by atoms with Crippen molar-refractivity contribution in [3.63, 3.8) is 0 Å². The average Bonchev–Trinajstić information content (AvgIpc) is 2.91. The molecule has 2 aromatic heterocycles. The second-order valence-electron chi connectivity index (χ2n) is 4.01. The van der Waals surface area contributed by atoms with Crippen LogP contribution < -0.4 is 5.73 Å². The molecule has 2 aromatic rings. The molecule has 0 bridgehead atoms. The standard InChI is InChI=1S/C10H17N7/c1-16-8-12-14-10(16)7-17-6-9(13-15-17)4-2-3-5-11/h6,8H,2-5,7,11H2,1H3. The van der Waals surface area contributed by atoms with E-state index in [0.717, 1.165) is 37.3 Å². The van der Waals surface area contributed by atoms with Gasteiger partial charge in [0.05, 0.1) is 5.69 Å². The van der Waals surface area contributed by atoms with E-state index in [-0.39, 0.29) is 0 Å². The van der Waals surface area contributed by atoms with E-state index in [1.165, 1.54) is 0 Å². The molecule has 0 aromatic carbocycles. The van der Waals surface area contributed by atoms with E-state index >= 15 is 0 Å². The van der Waals surface area contributed by atoms with Gasteiger partial charge in [-0.3, -0.25) is 0 Å². The third-order valence-electron chi connectivity index (χ3n) is 2.58. The lowest BCUT2D eigenvalue weighted by molar-refractivity contribution is 0.605. The number of hydrogen-bond acceptors (Lipinski definition) is 5. The molecule has 0 unspecified atom stereocenters. The molecule has 2 N–H and O–H groups in total.